The maximum atomic E-state index is 14.6. The van der Waals surface area contributed by atoms with E-state index in [1.807, 2.05) is 0 Å². The molecule has 0 radical (unpaired) electrons. The van der Waals surface area contributed by atoms with Gasteiger partial charge in [0.15, 0.2) is 9.75 Å². The van der Waals surface area contributed by atoms with Crippen LogP contribution in [0.1, 0.15) is 29.9 Å². The Hall–Kier alpha value is -4.61. The predicted molar refractivity (Wildman–Crippen MR) is 176 cm³/mol. The molecule has 1 saturated carbocycles. The van der Waals surface area contributed by atoms with Crippen LogP contribution in [0.25, 0.3) is 0 Å². The fourth-order valence-corrected chi connectivity index (χ4v) is 9.03. The summed E-state index contributed by atoms with van der Waals surface area (Å²) in [6, 6.07) is 13.9. The summed E-state index contributed by atoms with van der Waals surface area (Å²) in [7, 11) is 2.71. The van der Waals surface area contributed by atoms with Crippen LogP contribution < -0.4 is 14.4 Å². The molecule has 2 N–H and O–H groups in total. The Morgan fingerprint density at radius 2 is 1.49 bits per heavy atom. The second-order valence-electron chi connectivity index (χ2n) is 12.8. The molecule has 4 aliphatic rings. The van der Waals surface area contributed by atoms with Crippen LogP contribution in [-0.2, 0) is 25.6 Å². The summed E-state index contributed by atoms with van der Waals surface area (Å²) >= 11 is 14.9. The van der Waals surface area contributed by atoms with Gasteiger partial charge in [0.2, 0.25) is 11.8 Å². The second-order valence-corrected chi connectivity index (χ2v) is 14.0. The van der Waals surface area contributed by atoms with E-state index in [2.05, 4.69) is 0 Å². The Morgan fingerprint density at radius 3 is 2.10 bits per heavy atom. The van der Waals surface area contributed by atoms with Crippen LogP contribution in [0.15, 0.2) is 72.3 Å². The summed E-state index contributed by atoms with van der Waals surface area (Å²) < 4.78 is 25.3. The SMILES string of the molecule is COc1cc(O)cc(OC)c1C1C2=CCC3C(=O)N(CCc4ccc(O)cc4)C(=O)C3C2CC2(Cl)C(=O)N(c3ccc(F)cc3)C(=O)C12Cl. The Labute approximate surface area is 290 Å². The maximum absolute atomic E-state index is 14.6. The van der Waals surface area contributed by atoms with Gasteiger partial charge in [-0.25, -0.2) is 9.29 Å². The van der Waals surface area contributed by atoms with Crippen LogP contribution in [0.3, 0.4) is 0 Å². The lowest BCUT2D eigenvalue weighted by Gasteiger charge is -2.51. The van der Waals surface area contributed by atoms with Gasteiger partial charge in [-0.2, -0.15) is 0 Å². The molecule has 7 rings (SSSR count). The van der Waals surface area contributed by atoms with Gasteiger partial charge in [-0.15, -0.1) is 23.2 Å². The van der Waals surface area contributed by atoms with Crippen molar-refractivity contribution in [3.8, 4) is 23.0 Å². The van der Waals surface area contributed by atoms with Crippen LogP contribution in [0, 0.1) is 23.6 Å². The summed E-state index contributed by atoms with van der Waals surface area (Å²) in [5.41, 5.74) is 1.61. The molecule has 3 fully saturated rings. The topological polar surface area (TPSA) is 134 Å². The lowest BCUT2D eigenvalue weighted by atomic mass is 9.56. The number of methoxy groups -OCH3 is 2. The van der Waals surface area contributed by atoms with E-state index in [1.54, 1.807) is 18.2 Å². The Bertz CT molecular complexity index is 1910. The van der Waals surface area contributed by atoms with Crippen LogP contribution in [-0.4, -0.2) is 69.3 Å². The Kier molecular flexibility index (Phi) is 7.91. The summed E-state index contributed by atoms with van der Waals surface area (Å²) in [5, 5.41) is 20.1. The van der Waals surface area contributed by atoms with Crippen molar-refractivity contribution >= 4 is 52.5 Å². The van der Waals surface area contributed by atoms with E-state index in [1.165, 1.54) is 55.5 Å². The number of carbonyl (C=O) groups excluding carboxylic acids is 4. The minimum atomic E-state index is -2.21. The number of anilines is 1. The van der Waals surface area contributed by atoms with E-state index in [9.17, 15) is 33.8 Å². The van der Waals surface area contributed by atoms with Gasteiger partial charge in [0.25, 0.3) is 11.8 Å². The third kappa shape index (κ3) is 4.73. The molecule has 254 valence electrons. The van der Waals surface area contributed by atoms with E-state index < -0.39 is 57.0 Å². The lowest BCUT2D eigenvalue weighted by molar-refractivity contribution is -0.140. The van der Waals surface area contributed by atoms with Crippen molar-refractivity contribution in [1.82, 2.24) is 4.90 Å². The molecule has 0 spiro atoms. The number of alkyl halides is 2. The van der Waals surface area contributed by atoms with Gasteiger partial charge in [-0.3, -0.25) is 24.1 Å². The van der Waals surface area contributed by atoms with Crippen molar-refractivity contribution in [1.29, 1.82) is 0 Å². The minimum Gasteiger partial charge on any atom is -0.508 e. The zero-order valence-electron chi connectivity index (χ0n) is 26.4. The molecular formula is C36H31Cl2FN2O8. The Morgan fingerprint density at radius 1 is 0.857 bits per heavy atom. The van der Waals surface area contributed by atoms with Crippen LogP contribution in [0.2, 0.25) is 0 Å². The van der Waals surface area contributed by atoms with Crippen molar-refractivity contribution in [2.24, 2.45) is 17.8 Å². The van der Waals surface area contributed by atoms with Gasteiger partial charge in [0.1, 0.15) is 28.8 Å². The molecule has 2 aliphatic carbocycles. The Balaban J connectivity index is 1.37. The number of hydrogen-bond donors (Lipinski definition) is 2. The van der Waals surface area contributed by atoms with E-state index in [-0.39, 0.29) is 59.5 Å². The molecular weight excluding hydrogens is 678 g/mol. The number of hydrogen-bond acceptors (Lipinski definition) is 8. The zero-order valence-corrected chi connectivity index (χ0v) is 27.9. The molecule has 2 heterocycles. The highest BCUT2D eigenvalue weighted by molar-refractivity contribution is 6.58. The first-order valence-electron chi connectivity index (χ1n) is 15.7. The zero-order chi connectivity index (χ0) is 35.0. The summed E-state index contributed by atoms with van der Waals surface area (Å²) in [6.45, 7) is 0.0990. The maximum Gasteiger partial charge on any atom is 0.258 e. The summed E-state index contributed by atoms with van der Waals surface area (Å²) in [4.78, 5) is 54.8. The van der Waals surface area contributed by atoms with Gasteiger partial charge in [-0.05, 0) is 67.1 Å². The summed E-state index contributed by atoms with van der Waals surface area (Å²) in [5.74, 6) is -6.71. The standard InChI is InChI=1S/C36H31Cl2FN2O8/c1-48-26-15-22(43)16-27(49-2)29(26)30-23-11-12-24-28(32(45)40(31(24)44)14-13-18-3-9-21(42)10-4-18)25(23)17-35(37)33(46)41(34(47)36(30,35)38)20-7-5-19(39)6-8-20/h3-11,15-16,24-25,28,30,42-43H,12-14,17H2,1-2H3. The van der Waals surface area contributed by atoms with Crippen molar-refractivity contribution in [2.45, 2.75) is 34.9 Å². The number of allylic oxidation sites excluding steroid dienone is 2. The highest BCUT2D eigenvalue weighted by Gasteiger charge is 2.77. The fraction of sp³-hybridized carbons (Fsp3) is 0.333. The largest absolute Gasteiger partial charge is 0.508 e. The normalized spacial score (nSPS) is 29.0. The molecule has 13 heteroatoms. The smallest absolute Gasteiger partial charge is 0.258 e. The van der Waals surface area contributed by atoms with Gasteiger partial charge >= 0.3 is 0 Å². The molecule has 3 aromatic rings. The minimum absolute atomic E-state index is 0.0524. The molecule has 2 saturated heterocycles. The molecule has 3 aromatic carbocycles. The number of fused-ring (bicyclic) bond motifs is 4. The number of phenols is 2. The van der Waals surface area contributed by atoms with Crippen molar-refractivity contribution in [2.75, 3.05) is 25.7 Å². The number of likely N-dealkylation sites (tertiary alicyclic amines) is 1. The lowest BCUT2D eigenvalue weighted by Crippen LogP contribution is -2.60. The number of aromatic hydroxyl groups is 2. The average molecular weight is 710 g/mol. The number of rotatable bonds is 7. The first kappa shape index (κ1) is 32.9. The van der Waals surface area contributed by atoms with Gasteiger partial charge in [0.05, 0.1) is 31.7 Å². The third-order valence-electron chi connectivity index (χ3n) is 10.4. The van der Waals surface area contributed by atoms with Crippen molar-refractivity contribution in [3.63, 3.8) is 0 Å². The van der Waals surface area contributed by atoms with E-state index >= 15 is 0 Å². The van der Waals surface area contributed by atoms with E-state index in [0.717, 1.165) is 22.6 Å². The molecule has 2 aliphatic heterocycles. The second kappa shape index (κ2) is 11.8. The first-order valence-corrected chi connectivity index (χ1v) is 16.4. The van der Waals surface area contributed by atoms with Gasteiger partial charge in [0, 0.05) is 30.2 Å². The predicted octanol–water partition coefficient (Wildman–Crippen LogP) is 5.06. The number of carbonyl (C=O) groups is 4. The van der Waals surface area contributed by atoms with Gasteiger partial charge < -0.3 is 19.7 Å². The number of halogens is 3. The van der Waals surface area contributed by atoms with Crippen LogP contribution >= 0.6 is 23.2 Å². The molecule has 4 amide bonds. The van der Waals surface area contributed by atoms with Crippen LogP contribution in [0.4, 0.5) is 10.1 Å². The van der Waals surface area contributed by atoms with Crippen molar-refractivity contribution < 1.29 is 43.3 Å². The number of nitrogens with zero attached hydrogens (tertiary/aromatic N) is 2. The number of phenolic OH excluding ortho intramolecular Hbond substituents is 2. The molecule has 0 bridgehead atoms. The monoisotopic (exact) mass is 708 g/mol. The number of imide groups is 2. The molecule has 49 heavy (non-hydrogen) atoms. The van der Waals surface area contributed by atoms with Crippen molar-refractivity contribution in [3.05, 3.63) is 89.3 Å². The average Bonchev–Trinajstić information content (AvgIpc) is 3.42. The number of amides is 4. The number of benzene rings is 3. The summed E-state index contributed by atoms with van der Waals surface area (Å²) in [6.07, 6.45) is 2.05. The molecule has 10 nitrogen and oxygen atoms in total. The molecule has 6 unspecified atom stereocenters. The molecule has 0 aromatic heterocycles. The van der Waals surface area contributed by atoms with Gasteiger partial charge in [-0.1, -0.05) is 23.8 Å². The molecule has 6 atom stereocenters. The van der Waals surface area contributed by atoms with E-state index in [0.29, 0.717) is 12.0 Å². The first-order chi connectivity index (χ1) is 23.3. The fourth-order valence-electron chi connectivity index (χ4n) is 8.11. The third-order valence-corrected chi connectivity index (χ3v) is 11.8. The highest BCUT2D eigenvalue weighted by atomic mass is 35.5. The highest BCUT2D eigenvalue weighted by Crippen LogP contribution is 2.67. The van der Waals surface area contributed by atoms with E-state index in [4.69, 9.17) is 32.7 Å². The quantitative estimate of drug-likeness (QED) is 0.198. The number of ether oxygens (including phenoxy) is 2. The van der Waals surface area contributed by atoms with Crippen LogP contribution in [0.5, 0.6) is 23.0 Å².